The van der Waals surface area contributed by atoms with Crippen molar-refractivity contribution in [2.45, 2.75) is 13.0 Å². The Labute approximate surface area is 160 Å². The Morgan fingerprint density at radius 2 is 1.89 bits per heavy atom. The van der Waals surface area contributed by atoms with E-state index in [9.17, 15) is 14.0 Å². The molecular weight excluding hydrogens is 365 g/mol. The van der Waals surface area contributed by atoms with Crippen LogP contribution in [0.1, 0.15) is 11.3 Å². The van der Waals surface area contributed by atoms with Crippen LogP contribution in [-0.2, 0) is 22.6 Å². The van der Waals surface area contributed by atoms with Gasteiger partial charge < -0.3 is 10.6 Å². The molecule has 0 fully saturated rings. The number of nitrogens with zero attached hydrogens (tertiary/aromatic N) is 2. The highest BCUT2D eigenvalue weighted by Gasteiger charge is 2.18. The molecule has 0 aliphatic rings. The third-order valence-corrected chi connectivity index (χ3v) is 4.81. The van der Waals surface area contributed by atoms with Gasteiger partial charge in [-0.1, -0.05) is 42.5 Å². The lowest BCUT2D eigenvalue weighted by molar-refractivity contribution is -0.135. The first-order valence-corrected chi connectivity index (χ1v) is 9.19. The van der Waals surface area contributed by atoms with E-state index in [1.54, 1.807) is 17.5 Å². The molecule has 7 heteroatoms. The SMILES string of the molecule is NC(=O)CN(Cc1ccccc1)C(=O)Cc1csc(-c2cccc(F)c2)n1. The Hall–Kier alpha value is -3.06. The van der Waals surface area contributed by atoms with Crippen LogP contribution in [0.25, 0.3) is 10.6 Å². The van der Waals surface area contributed by atoms with Crippen molar-refractivity contribution in [1.82, 2.24) is 9.88 Å². The van der Waals surface area contributed by atoms with Crippen LogP contribution < -0.4 is 5.73 Å². The zero-order valence-corrected chi connectivity index (χ0v) is 15.3. The Morgan fingerprint density at radius 1 is 1.11 bits per heavy atom. The molecule has 2 amide bonds. The van der Waals surface area contributed by atoms with Gasteiger partial charge in [-0.3, -0.25) is 9.59 Å². The molecule has 0 saturated heterocycles. The molecule has 3 rings (SSSR count). The van der Waals surface area contributed by atoms with Gasteiger partial charge in [0, 0.05) is 17.5 Å². The average Bonchev–Trinajstić information content (AvgIpc) is 3.10. The molecule has 27 heavy (non-hydrogen) atoms. The summed E-state index contributed by atoms with van der Waals surface area (Å²) in [5.74, 6) is -1.15. The minimum Gasteiger partial charge on any atom is -0.368 e. The Kier molecular flexibility index (Phi) is 5.93. The van der Waals surface area contributed by atoms with Gasteiger partial charge >= 0.3 is 0 Å². The topological polar surface area (TPSA) is 76.3 Å². The number of rotatable bonds is 7. The van der Waals surface area contributed by atoms with E-state index in [1.165, 1.54) is 28.4 Å². The van der Waals surface area contributed by atoms with Crippen molar-refractivity contribution >= 4 is 23.2 Å². The van der Waals surface area contributed by atoms with Gasteiger partial charge in [0.1, 0.15) is 10.8 Å². The lowest BCUT2D eigenvalue weighted by Gasteiger charge is -2.21. The fourth-order valence-electron chi connectivity index (χ4n) is 2.63. The summed E-state index contributed by atoms with van der Waals surface area (Å²) in [6.45, 7) is 0.137. The zero-order chi connectivity index (χ0) is 19.2. The number of thiazole rings is 1. The van der Waals surface area contributed by atoms with E-state index in [2.05, 4.69) is 4.98 Å². The smallest absolute Gasteiger partial charge is 0.237 e. The van der Waals surface area contributed by atoms with Crippen molar-refractivity contribution in [3.8, 4) is 10.6 Å². The second-order valence-electron chi connectivity index (χ2n) is 6.03. The molecule has 0 bridgehead atoms. The fourth-order valence-corrected chi connectivity index (χ4v) is 3.45. The van der Waals surface area contributed by atoms with Gasteiger partial charge in [-0.2, -0.15) is 0 Å². The largest absolute Gasteiger partial charge is 0.368 e. The molecule has 2 N–H and O–H groups in total. The van der Waals surface area contributed by atoms with Gasteiger partial charge in [0.2, 0.25) is 11.8 Å². The number of amides is 2. The lowest BCUT2D eigenvalue weighted by Crippen LogP contribution is -2.38. The molecule has 0 unspecified atom stereocenters. The van der Waals surface area contributed by atoms with Crippen molar-refractivity contribution in [3.05, 3.63) is 77.1 Å². The number of aromatic nitrogens is 1. The molecule has 1 aromatic heterocycles. The number of halogens is 1. The van der Waals surface area contributed by atoms with Crippen LogP contribution in [-0.4, -0.2) is 28.2 Å². The highest BCUT2D eigenvalue weighted by atomic mass is 32.1. The third-order valence-electron chi connectivity index (χ3n) is 3.87. The highest BCUT2D eigenvalue weighted by molar-refractivity contribution is 7.13. The quantitative estimate of drug-likeness (QED) is 0.681. The summed E-state index contributed by atoms with van der Waals surface area (Å²) in [6, 6.07) is 15.5. The van der Waals surface area contributed by atoms with Crippen LogP contribution in [0.5, 0.6) is 0 Å². The summed E-state index contributed by atoms with van der Waals surface area (Å²) in [6.07, 6.45) is 0.0475. The number of carbonyl (C=O) groups is 2. The third kappa shape index (κ3) is 5.21. The van der Waals surface area contributed by atoms with Crippen LogP contribution in [0, 0.1) is 5.82 Å². The fraction of sp³-hybridized carbons (Fsp3) is 0.150. The number of hydrogen-bond acceptors (Lipinski definition) is 4. The normalized spacial score (nSPS) is 10.6. The van der Waals surface area contributed by atoms with Gasteiger partial charge in [0.15, 0.2) is 0 Å². The summed E-state index contributed by atoms with van der Waals surface area (Å²) >= 11 is 1.34. The summed E-state index contributed by atoms with van der Waals surface area (Å²) in [7, 11) is 0. The molecule has 0 spiro atoms. The molecule has 0 aliphatic heterocycles. The van der Waals surface area contributed by atoms with E-state index in [0.717, 1.165) is 5.56 Å². The van der Waals surface area contributed by atoms with E-state index in [-0.39, 0.29) is 24.7 Å². The first kappa shape index (κ1) is 18.7. The highest BCUT2D eigenvalue weighted by Crippen LogP contribution is 2.24. The van der Waals surface area contributed by atoms with Crippen LogP contribution >= 0.6 is 11.3 Å². The molecule has 1 heterocycles. The predicted octanol–water partition coefficient (Wildman–Crippen LogP) is 3.01. The number of carbonyl (C=O) groups excluding carboxylic acids is 2. The maximum absolute atomic E-state index is 13.4. The van der Waals surface area contributed by atoms with E-state index in [4.69, 9.17) is 5.73 Å². The van der Waals surface area contributed by atoms with Crippen molar-refractivity contribution in [2.24, 2.45) is 5.73 Å². The molecule has 0 radical (unpaired) electrons. The second-order valence-corrected chi connectivity index (χ2v) is 6.89. The predicted molar refractivity (Wildman–Crippen MR) is 102 cm³/mol. The molecule has 0 aliphatic carbocycles. The summed E-state index contributed by atoms with van der Waals surface area (Å²) in [5, 5.41) is 2.41. The van der Waals surface area contributed by atoms with E-state index in [1.807, 2.05) is 30.3 Å². The number of hydrogen-bond donors (Lipinski definition) is 1. The van der Waals surface area contributed by atoms with Gasteiger partial charge in [-0.15, -0.1) is 11.3 Å². The second kappa shape index (κ2) is 8.55. The zero-order valence-electron chi connectivity index (χ0n) is 14.5. The van der Waals surface area contributed by atoms with Crippen molar-refractivity contribution < 1.29 is 14.0 Å². The van der Waals surface area contributed by atoms with Crippen molar-refractivity contribution in [2.75, 3.05) is 6.54 Å². The Morgan fingerprint density at radius 3 is 2.59 bits per heavy atom. The maximum Gasteiger partial charge on any atom is 0.237 e. The van der Waals surface area contributed by atoms with Crippen LogP contribution in [0.2, 0.25) is 0 Å². The van der Waals surface area contributed by atoms with E-state index >= 15 is 0 Å². The monoisotopic (exact) mass is 383 g/mol. The van der Waals surface area contributed by atoms with Gasteiger partial charge in [-0.25, -0.2) is 9.37 Å². The molecule has 0 saturated carbocycles. The molecule has 0 atom stereocenters. The Balaban J connectivity index is 1.72. The lowest BCUT2D eigenvalue weighted by atomic mass is 10.2. The number of nitrogens with two attached hydrogens (primary N) is 1. The standard InChI is InChI=1S/C20H18FN3O2S/c21-16-8-4-7-15(9-16)20-23-17(13-27-20)10-19(26)24(12-18(22)25)11-14-5-2-1-3-6-14/h1-9,13H,10-12H2,(H2,22,25). The van der Waals surface area contributed by atoms with Crippen molar-refractivity contribution in [3.63, 3.8) is 0 Å². The average molecular weight is 383 g/mol. The first-order valence-electron chi connectivity index (χ1n) is 8.31. The number of primary amides is 1. The molecule has 5 nitrogen and oxygen atoms in total. The molecule has 2 aromatic carbocycles. The van der Waals surface area contributed by atoms with Crippen LogP contribution in [0.3, 0.4) is 0 Å². The van der Waals surface area contributed by atoms with Crippen LogP contribution in [0.4, 0.5) is 4.39 Å². The summed E-state index contributed by atoms with van der Waals surface area (Å²) in [4.78, 5) is 29.9. The molecule has 138 valence electrons. The van der Waals surface area contributed by atoms with Crippen LogP contribution in [0.15, 0.2) is 60.0 Å². The first-order chi connectivity index (χ1) is 13.0. The van der Waals surface area contributed by atoms with Gasteiger partial charge in [0.05, 0.1) is 18.7 Å². The summed E-state index contributed by atoms with van der Waals surface area (Å²) in [5.41, 5.74) is 7.44. The molecule has 3 aromatic rings. The van der Waals surface area contributed by atoms with E-state index in [0.29, 0.717) is 22.8 Å². The minimum absolute atomic E-state index is 0.0475. The molecular formula is C20H18FN3O2S. The van der Waals surface area contributed by atoms with E-state index < -0.39 is 5.91 Å². The number of benzene rings is 2. The van der Waals surface area contributed by atoms with Gasteiger partial charge in [-0.05, 0) is 17.7 Å². The maximum atomic E-state index is 13.4. The van der Waals surface area contributed by atoms with Crippen molar-refractivity contribution in [1.29, 1.82) is 0 Å². The summed E-state index contributed by atoms with van der Waals surface area (Å²) < 4.78 is 13.4. The van der Waals surface area contributed by atoms with Gasteiger partial charge in [0.25, 0.3) is 0 Å². The Bertz CT molecular complexity index is 943. The minimum atomic E-state index is -0.571.